The summed E-state index contributed by atoms with van der Waals surface area (Å²) in [7, 11) is 0. The van der Waals surface area contributed by atoms with Crippen LogP contribution >= 0.6 is 15.9 Å². The molecule has 0 aromatic heterocycles. The summed E-state index contributed by atoms with van der Waals surface area (Å²) in [5.74, 6) is 0.577. The Kier molecular flexibility index (Phi) is 2.94. The summed E-state index contributed by atoms with van der Waals surface area (Å²) in [4.78, 5) is 0. The monoisotopic (exact) mass is 198 g/mol. The van der Waals surface area contributed by atoms with E-state index >= 15 is 0 Å². The second kappa shape index (κ2) is 3.77. The van der Waals surface area contributed by atoms with Crippen LogP contribution in [0.5, 0.6) is 0 Å². The van der Waals surface area contributed by atoms with Crippen molar-refractivity contribution in [2.45, 2.75) is 6.92 Å². The van der Waals surface area contributed by atoms with Crippen LogP contribution < -0.4 is 0 Å². The Morgan fingerprint density at radius 3 is 3.00 bits per heavy atom. The van der Waals surface area contributed by atoms with Gasteiger partial charge in [-0.3, -0.25) is 0 Å². The number of hydrogen-bond donors (Lipinski definition) is 0. The van der Waals surface area contributed by atoms with Gasteiger partial charge in [0.1, 0.15) is 0 Å². The Bertz CT molecular complexity index is 187. The van der Waals surface area contributed by atoms with Gasteiger partial charge in [-0.1, -0.05) is 53.2 Å². The SMILES string of the molecule is CC1C=CC=C(CBr)C=C1. The van der Waals surface area contributed by atoms with Gasteiger partial charge >= 0.3 is 0 Å². The average molecular weight is 199 g/mol. The number of halogens is 1. The Balaban J connectivity index is 2.71. The molecule has 0 saturated carbocycles. The van der Waals surface area contributed by atoms with Gasteiger partial charge < -0.3 is 0 Å². The van der Waals surface area contributed by atoms with Gasteiger partial charge in [-0.25, -0.2) is 0 Å². The van der Waals surface area contributed by atoms with E-state index in [-0.39, 0.29) is 0 Å². The summed E-state index contributed by atoms with van der Waals surface area (Å²) in [6.45, 7) is 2.18. The van der Waals surface area contributed by atoms with Crippen molar-refractivity contribution in [1.29, 1.82) is 0 Å². The lowest BCUT2D eigenvalue weighted by atomic mass is 10.1. The summed E-state index contributed by atoms with van der Waals surface area (Å²) in [5, 5.41) is 0.945. The molecule has 0 radical (unpaired) electrons. The molecule has 0 amide bonds. The van der Waals surface area contributed by atoms with E-state index in [2.05, 4.69) is 53.2 Å². The highest BCUT2D eigenvalue weighted by Crippen LogP contribution is 2.10. The maximum atomic E-state index is 3.41. The van der Waals surface area contributed by atoms with Crippen molar-refractivity contribution < 1.29 is 0 Å². The smallest absolute Gasteiger partial charge is 0.0282 e. The van der Waals surface area contributed by atoms with Gasteiger partial charge in [-0.2, -0.15) is 0 Å². The van der Waals surface area contributed by atoms with Crippen LogP contribution in [0.1, 0.15) is 6.92 Å². The summed E-state index contributed by atoms with van der Waals surface area (Å²) in [6, 6.07) is 0. The first-order chi connectivity index (χ1) is 4.83. The zero-order valence-corrected chi connectivity index (χ0v) is 7.64. The van der Waals surface area contributed by atoms with Gasteiger partial charge in [0.15, 0.2) is 0 Å². The van der Waals surface area contributed by atoms with Crippen LogP contribution in [0.3, 0.4) is 0 Å². The van der Waals surface area contributed by atoms with Gasteiger partial charge in [0, 0.05) is 5.33 Å². The largest absolute Gasteiger partial charge is 0.0876 e. The molecule has 0 nitrogen and oxygen atoms in total. The predicted molar refractivity (Wildman–Crippen MR) is 49.3 cm³/mol. The molecule has 0 bridgehead atoms. The Morgan fingerprint density at radius 1 is 1.50 bits per heavy atom. The fourth-order valence-electron chi connectivity index (χ4n) is 0.839. The van der Waals surface area contributed by atoms with Crippen molar-refractivity contribution >= 4 is 15.9 Å². The van der Waals surface area contributed by atoms with Gasteiger partial charge in [0.25, 0.3) is 0 Å². The lowest BCUT2D eigenvalue weighted by Gasteiger charge is -1.92. The Morgan fingerprint density at radius 2 is 2.30 bits per heavy atom. The van der Waals surface area contributed by atoms with E-state index in [0.29, 0.717) is 5.92 Å². The standard InChI is InChI=1S/C9H11Br/c1-8-3-2-4-9(7-10)6-5-8/h2-6,8H,7H2,1H3. The summed E-state index contributed by atoms with van der Waals surface area (Å²) in [5.41, 5.74) is 1.33. The number of allylic oxidation sites excluding steroid dienone is 6. The minimum atomic E-state index is 0.577. The maximum absolute atomic E-state index is 3.41. The Hall–Kier alpha value is -0.300. The van der Waals surface area contributed by atoms with E-state index in [4.69, 9.17) is 0 Å². The van der Waals surface area contributed by atoms with Crippen LogP contribution in [-0.2, 0) is 0 Å². The van der Waals surface area contributed by atoms with Gasteiger partial charge in [-0.15, -0.1) is 0 Å². The minimum absolute atomic E-state index is 0.577. The lowest BCUT2D eigenvalue weighted by molar-refractivity contribution is 0.942. The molecule has 1 aliphatic rings. The molecule has 0 saturated heterocycles. The molecule has 1 aliphatic carbocycles. The van der Waals surface area contributed by atoms with E-state index < -0.39 is 0 Å². The molecule has 0 heterocycles. The molecule has 0 N–H and O–H groups in total. The number of alkyl halides is 1. The summed E-state index contributed by atoms with van der Waals surface area (Å²) in [6.07, 6.45) is 10.8. The van der Waals surface area contributed by atoms with Crippen molar-refractivity contribution in [3.63, 3.8) is 0 Å². The first kappa shape index (κ1) is 7.80. The first-order valence-electron chi connectivity index (χ1n) is 3.44. The molecule has 0 aromatic carbocycles. The zero-order valence-electron chi connectivity index (χ0n) is 6.05. The molecule has 1 heteroatoms. The third-order valence-electron chi connectivity index (χ3n) is 1.49. The van der Waals surface area contributed by atoms with Crippen molar-refractivity contribution in [1.82, 2.24) is 0 Å². The molecule has 0 aliphatic heterocycles. The fraction of sp³-hybridized carbons (Fsp3) is 0.333. The summed E-state index contributed by atoms with van der Waals surface area (Å²) < 4.78 is 0. The zero-order chi connectivity index (χ0) is 7.40. The van der Waals surface area contributed by atoms with E-state index in [1.165, 1.54) is 5.57 Å². The van der Waals surface area contributed by atoms with Crippen molar-refractivity contribution in [2.75, 3.05) is 5.33 Å². The van der Waals surface area contributed by atoms with E-state index in [9.17, 15) is 0 Å². The van der Waals surface area contributed by atoms with Crippen LogP contribution in [0.25, 0.3) is 0 Å². The van der Waals surface area contributed by atoms with Crippen LogP contribution in [0.2, 0.25) is 0 Å². The molecule has 1 atom stereocenters. The van der Waals surface area contributed by atoms with E-state index in [1.54, 1.807) is 0 Å². The van der Waals surface area contributed by atoms with Crippen LogP contribution in [-0.4, -0.2) is 5.33 Å². The lowest BCUT2D eigenvalue weighted by Crippen LogP contribution is -1.79. The summed E-state index contributed by atoms with van der Waals surface area (Å²) >= 11 is 3.41. The van der Waals surface area contributed by atoms with Gasteiger partial charge in [0.2, 0.25) is 0 Å². The molecular weight excluding hydrogens is 188 g/mol. The number of rotatable bonds is 1. The van der Waals surface area contributed by atoms with Crippen molar-refractivity contribution in [3.05, 3.63) is 36.0 Å². The third-order valence-corrected chi connectivity index (χ3v) is 2.14. The van der Waals surface area contributed by atoms with Crippen molar-refractivity contribution in [3.8, 4) is 0 Å². The first-order valence-corrected chi connectivity index (χ1v) is 4.56. The quantitative estimate of drug-likeness (QED) is 0.569. The van der Waals surface area contributed by atoms with Crippen LogP contribution in [0, 0.1) is 5.92 Å². The molecule has 10 heavy (non-hydrogen) atoms. The highest BCUT2D eigenvalue weighted by Gasteiger charge is 1.94. The maximum Gasteiger partial charge on any atom is 0.0282 e. The second-order valence-electron chi connectivity index (χ2n) is 2.48. The molecule has 0 spiro atoms. The van der Waals surface area contributed by atoms with Crippen LogP contribution in [0.15, 0.2) is 36.0 Å². The average Bonchev–Trinajstić information content (AvgIpc) is 2.14. The topological polar surface area (TPSA) is 0 Å². The highest BCUT2D eigenvalue weighted by atomic mass is 79.9. The van der Waals surface area contributed by atoms with Gasteiger partial charge in [0.05, 0.1) is 0 Å². The molecule has 0 fully saturated rings. The van der Waals surface area contributed by atoms with Crippen molar-refractivity contribution in [2.24, 2.45) is 5.92 Å². The minimum Gasteiger partial charge on any atom is -0.0876 e. The normalized spacial score (nSPS) is 24.2. The predicted octanol–water partition coefficient (Wildman–Crippen LogP) is 3.07. The number of hydrogen-bond acceptors (Lipinski definition) is 0. The van der Waals surface area contributed by atoms with Gasteiger partial charge in [-0.05, 0) is 11.5 Å². The molecule has 54 valence electrons. The molecule has 1 rings (SSSR count). The Labute approximate surface area is 70.5 Å². The molecule has 1 unspecified atom stereocenters. The third kappa shape index (κ3) is 2.14. The molecular formula is C9H11Br. The van der Waals surface area contributed by atoms with E-state index in [0.717, 1.165) is 5.33 Å². The molecule has 0 aromatic rings. The fourth-order valence-corrected chi connectivity index (χ4v) is 1.21. The van der Waals surface area contributed by atoms with Crippen LogP contribution in [0.4, 0.5) is 0 Å². The highest BCUT2D eigenvalue weighted by molar-refractivity contribution is 9.09. The van der Waals surface area contributed by atoms with E-state index in [1.807, 2.05) is 0 Å². The second-order valence-corrected chi connectivity index (χ2v) is 3.04.